The lowest BCUT2D eigenvalue weighted by Crippen LogP contribution is -2.44. The normalized spacial score (nSPS) is 12.1. The quantitative estimate of drug-likeness (QED) is 0.826. The molecule has 0 aliphatic carbocycles. The fourth-order valence-corrected chi connectivity index (χ4v) is 2.86. The molecular weight excluding hydrogens is 292 g/mol. The second kappa shape index (κ2) is 8.61. The van der Waals surface area contributed by atoms with Crippen molar-refractivity contribution in [3.63, 3.8) is 0 Å². The van der Waals surface area contributed by atoms with Crippen LogP contribution in [0.1, 0.15) is 24.1 Å². The number of hydrogen-bond acceptors (Lipinski definition) is 3. The molecule has 0 heterocycles. The lowest BCUT2D eigenvalue weighted by atomic mass is 9.98. The second-order valence-corrected chi connectivity index (χ2v) is 6.35. The Kier molecular flexibility index (Phi) is 6.49. The number of thioether (sulfide) groups is 1. The van der Waals surface area contributed by atoms with E-state index in [2.05, 4.69) is 12.2 Å². The molecule has 0 radical (unpaired) electrons. The summed E-state index contributed by atoms with van der Waals surface area (Å²) < 4.78 is 0. The summed E-state index contributed by atoms with van der Waals surface area (Å²) in [6.45, 7) is 2.06. The van der Waals surface area contributed by atoms with Crippen LogP contribution >= 0.6 is 11.8 Å². The molecule has 0 saturated carbocycles. The van der Waals surface area contributed by atoms with Crippen molar-refractivity contribution in [2.75, 3.05) is 11.5 Å². The van der Waals surface area contributed by atoms with Crippen molar-refractivity contribution in [2.24, 2.45) is 5.73 Å². The van der Waals surface area contributed by atoms with Crippen molar-refractivity contribution < 1.29 is 4.79 Å². The van der Waals surface area contributed by atoms with E-state index in [9.17, 15) is 4.79 Å². The number of carbonyl (C=O) groups excluding carboxylic acids is 1. The molecule has 1 amide bonds. The zero-order valence-electron chi connectivity index (χ0n) is 12.7. The van der Waals surface area contributed by atoms with Gasteiger partial charge in [-0.05, 0) is 16.9 Å². The topological polar surface area (TPSA) is 55.1 Å². The number of rotatable bonds is 7. The zero-order chi connectivity index (χ0) is 15.8. The van der Waals surface area contributed by atoms with Gasteiger partial charge in [-0.2, -0.15) is 11.8 Å². The molecule has 116 valence electrons. The van der Waals surface area contributed by atoms with Gasteiger partial charge < -0.3 is 11.1 Å². The van der Waals surface area contributed by atoms with Gasteiger partial charge in [-0.15, -0.1) is 0 Å². The van der Waals surface area contributed by atoms with Gasteiger partial charge in [-0.3, -0.25) is 4.79 Å². The number of benzene rings is 2. The summed E-state index contributed by atoms with van der Waals surface area (Å²) in [6, 6.07) is 19.3. The van der Waals surface area contributed by atoms with Crippen LogP contribution in [0.15, 0.2) is 60.7 Å². The summed E-state index contributed by atoms with van der Waals surface area (Å²) in [5.74, 6) is 1.49. The van der Waals surface area contributed by atoms with E-state index in [0.29, 0.717) is 5.75 Å². The van der Waals surface area contributed by atoms with Gasteiger partial charge in [-0.1, -0.05) is 67.6 Å². The molecule has 4 heteroatoms. The van der Waals surface area contributed by atoms with Crippen LogP contribution in [-0.4, -0.2) is 23.5 Å². The molecule has 2 aromatic carbocycles. The SMILES string of the molecule is CCSC[C@@H](N)C(=O)NC(c1ccccc1)c1ccccc1. The molecule has 22 heavy (non-hydrogen) atoms. The third-order valence-electron chi connectivity index (χ3n) is 3.39. The Morgan fingerprint density at radius 2 is 1.55 bits per heavy atom. The third-order valence-corrected chi connectivity index (χ3v) is 4.39. The first-order chi connectivity index (χ1) is 10.7. The largest absolute Gasteiger partial charge is 0.344 e. The molecule has 2 aromatic rings. The van der Waals surface area contributed by atoms with Crippen molar-refractivity contribution >= 4 is 17.7 Å². The van der Waals surface area contributed by atoms with Crippen LogP contribution in [0, 0.1) is 0 Å². The van der Waals surface area contributed by atoms with Crippen molar-refractivity contribution in [3.8, 4) is 0 Å². The van der Waals surface area contributed by atoms with E-state index in [1.165, 1.54) is 0 Å². The Morgan fingerprint density at radius 1 is 1.05 bits per heavy atom. The number of nitrogens with one attached hydrogen (secondary N) is 1. The average Bonchev–Trinajstić information content (AvgIpc) is 2.58. The van der Waals surface area contributed by atoms with Gasteiger partial charge >= 0.3 is 0 Å². The summed E-state index contributed by atoms with van der Waals surface area (Å²) in [6.07, 6.45) is 0. The average molecular weight is 314 g/mol. The van der Waals surface area contributed by atoms with Gasteiger partial charge in [0, 0.05) is 5.75 Å². The van der Waals surface area contributed by atoms with Crippen molar-refractivity contribution in [1.82, 2.24) is 5.32 Å². The minimum absolute atomic E-state index is 0.112. The van der Waals surface area contributed by atoms with Gasteiger partial charge in [0.1, 0.15) is 0 Å². The third kappa shape index (κ3) is 4.61. The van der Waals surface area contributed by atoms with E-state index in [4.69, 9.17) is 5.73 Å². The summed E-state index contributed by atoms with van der Waals surface area (Å²) in [7, 11) is 0. The molecule has 0 aromatic heterocycles. The molecule has 0 fully saturated rings. The van der Waals surface area contributed by atoms with E-state index in [-0.39, 0.29) is 11.9 Å². The summed E-state index contributed by atoms with van der Waals surface area (Å²) in [5.41, 5.74) is 8.08. The predicted molar refractivity (Wildman–Crippen MR) is 93.8 cm³/mol. The smallest absolute Gasteiger partial charge is 0.238 e. The number of amides is 1. The molecule has 0 spiro atoms. The van der Waals surface area contributed by atoms with Gasteiger partial charge in [0.2, 0.25) is 5.91 Å². The Hall–Kier alpha value is -1.78. The van der Waals surface area contributed by atoms with Crippen molar-refractivity contribution in [2.45, 2.75) is 19.0 Å². The van der Waals surface area contributed by atoms with E-state index < -0.39 is 6.04 Å². The maximum atomic E-state index is 12.4. The molecule has 0 saturated heterocycles. The van der Waals surface area contributed by atoms with Gasteiger partial charge in [-0.25, -0.2) is 0 Å². The van der Waals surface area contributed by atoms with E-state index in [1.54, 1.807) is 11.8 Å². The summed E-state index contributed by atoms with van der Waals surface area (Å²) in [4.78, 5) is 12.4. The first-order valence-electron chi connectivity index (χ1n) is 7.46. The molecule has 0 bridgehead atoms. The highest BCUT2D eigenvalue weighted by Crippen LogP contribution is 2.21. The molecule has 0 aliphatic rings. The van der Waals surface area contributed by atoms with Crippen LogP contribution in [0.25, 0.3) is 0 Å². The molecule has 3 N–H and O–H groups in total. The van der Waals surface area contributed by atoms with E-state index >= 15 is 0 Å². The van der Waals surface area contributed by atoms with Crippen LogP contribution in [0.5, 0.6) is 0 Å². The molecule has 3 nitrogen and oxygen atoms in total. The minimum atomic E-state index is -0.486. The molecule has 0 aliphatic heterocycles. The Balaban J connectivity index is 2.17. The van der Waals surface area contributed by atoms with Crippen LogP contribution in [-0.2, 0) is 4.79 Å². The Labute approximate surface area is 136 Å². The molecule has 2 rings (SSSR count). The minimum Gasteiger partial charge on any atom is -0.344 e. The highest BCUT2D eigenvalue weighted by atomic mass is 32.2. The van der Waals surface area contributed by atoms with Crippen molar-refractivity contribution in [3.05, 3.63) is 71.8 Å². The van der Waals surface area contributed by atoms with Crippen LogP contribution in [0.3, 0.4) is 0 Å². The van der Waals surface area contributed by atoms with Crippen molar-refractivity contribution in [1.29, 1.82) is 0 Å². The van der Waals surface area contributed by atoms with Gasteiger partial charge in [0.05, 0.1) is 12.1 Å². The van der Waals surface area contributed by atoms with E-state index in [1.807, 2.05) is 60.7 Å². The standard InChI is InChI=1S/C18H22N2OS/c1-2-22-13-16(19)18(21)20-17(14-9-5-3-6-10-14)15-11-7-4-8-12-15/h3-12,16-17H,2,13,19H2,1H3,(H,20,21)/t16-/m1/s1. The first-order valence-corrected chi connectivity index (χ1v) is 8.61. The number of nitrogens with two attached hydrogens (primary N) is 1. The lowest BCUT2D eigenvalue weighted by Gasteiger charge is -2.22. The van der Waals surface area contributed by atoms with E-state index in [0.717, 1.165) is 16.9 Å². The summed E-state index contributed by atoms with van der Waals surface area (Å²) in [5, 5.41) is 3.08. The Bertz CT molecular complexity index is 535. The highest BCUT2D eigenvalue weighted by Gasteiger charge is 2.20. The fraction of sp³-hybridized carbons (Fsp3) is 0.278. The number of hydrogen-bond donors (Lipinski definition) is 2. The fourth-order valence-electron chi connectivity index (χ4n) is 2.22. The first kappa shape index (κ1) is 16.6. The monoisotopic (exact) mass is 314 g/mol. The molecule has 0 unspecified atom stereocenters. The zero-order valence-corrected chi connectivity index (χ0v) is 13.6. The summed E-state index contributed by atoms with van der Waals surface area (Å²) >= 11 is 1.68. The number of carbonyl (C=O) groups is 1. The maximum Gasteiger partial charge on any atom is 0.238 e. The maximum absolute atomic E-state index is 12.4. The Morgan fingerprint density at radius 3 is 2.00 bits per heavy atom. The second-order valence-electron chi connectivity index (χ2n) is 5.03. The van der Waals surface area contributed by atoms with Gasteiger partial charge in [0.15, 0.2) is 0 Å². The lowest BCUT2D eigenvalue weighted by molar-refractivity contribution is -0.122. The van der Waals surface area contributed by atoms with Gasteiger partial charge in [0.25, 0.3) is 0 Å². The van der Waals surface area contributed by atoms with Crippen LogP contribution in [0.4, 0.5) is 0 Å². The molecule has 1 atom stereocenters. The van der Waals surface area contributed by atoms with Crippen LogP contribution < -0.4 is 11.1 Å². The van der Waals surface area contributed by atoms with Crippen LogP contribution in [0.2, 0.25) is 0 Å². The highest BCUT2D eigenvalue weighted by molar-refractivity contribution is 7.99. The molecular formula is C18H22N2OS. The predicted octanol–water partition coefficient (Wildman–Crippen LogP) is 2.97.